The lowest BCUT2D eigenvalue weighted by molar-refractivity contribution is 0.952. The highest BCUT2D eigenvalue weighted by atomic mass is 35.5. The molecule has 5 nitrogen and oxygen atoms in total. The number of anilines is 1. The molecule has 0 saturated carbocycles. The Morgan fingerprint density at radius 1 is 1.42 bits per heavy atom. The molecule has 3 rings (SSSR count). The molecule has 0 aliphatic heterocycles. The third-order valence-corrected chi connectivity index (χ3v) is 3.93. The molecule has 0 spiro atoms. The molecular formula is C12H9ClN4OS. The van der Waals surface area contributed by atoms with E-state index in [1.54, 1.807) is 6.07 Å². The SMILES string of the molecule is Cc1cccc(Cl)c1-n1cnc2nc(N)sc2c1=O. The summed E-state index contributed by atoms with van der Waals surface area (Å²) in [5.74, 6) is 0. The summed E-state index contributed by atoms with van der Waals surface area (Å²) in [7, 11) is 0. The Morgan fingerprint density at radius 2 is 2.21 bits per heavy atom. The highest BCUT2D eigenvalue weighted by Crippen LogP contribution is 2.24. The van der Waals surface area contributed by atoms with Crippen LogP contribution in [0.4, 0.5) is 5.13 Å². The second kappa shape index (κ2) is 4.32. The number of nitrogens with zero attached hydrogens (tertiary/aromatic N) is 3. The van der Waals surface area contributed by atoms with Gasteiger partial charge in [0.2, 0.25) is 0 Å². The lowest BCUT2D eigenvalue weighted by Crippen LogP contribution is -2.19. The summed E-state index contributed by atoms with van der Waals surface area (Å²) in [5.41, 5.74) is 7.29. The Balaban J connectivity index is 2.38. The van der Waals surface area contributed by atoms with Crippen LogP contribution >= 0.6 is 22.9 Å². The van der Waals surface area contributed by atoms with Gasteiger partial charge in [-0.05, 0) is 18.6 Å². The van der Waals surface area contributed by atoms with E-state index in [1.807, 2.05) is 19.1 Å². The number of aryl methyl sites for hydroxylation is 1. The Bertz CT molecular complexity index is 819. The average molecular weight is 293 g/mol. The van der Waals surface area contributed by atoms with E-state index < -0.39 is 0 Å². The van der Waals surface area contributed by atoms with Crippen LogP contribution in [-0.4, -0.2) is 14.5 Å². The predicted octanol–water partition coefficient (Wildman–Crippen LogP) is 2.39. The van der Waals surface area contributed by atoms with Gasteiger partial charge >= 0.3 is 0 Å². The Labute approximate surface area is 117 Å². The molecule has 0 fully saturated rings. The maximum absolute atomic E-state index is 12.4. The fourth-order valence-electron chi connectivity index (χ4n) is 1.92. The number of nitrogen functional groups attached to an aromatic ring is 1. The van der Waals surface area contributed by atoms with Gasteiger partial charge in [0.25, 0.3) is 5.56 Å². The highest BCUT2D eigenvalue weighted by Gasteiger charge is 2.13. The quantitative estimate of drug-likeness (QED) is 0.747. The molecule has 2 heterocycles. The minimum Gasteiger partial charge on any atom is -0.375 e. The molecule has 1 aromatic carbocycles. The van der Waals surface area contributed by atoms with Crippen LogP contribution in [0.5, 0.6) is 0 Å². The van der Waals surface area contributed by atoms with Crippen molar-refractivity contribution >= 4 is 38.4 Å². The minimum absolute atomic E-state index is 0.213. The number of hydrogen-bond donors (Lipinski definition) is 1. The van der Waals surface area contributed by atoms with Crippen molar-refractivity contribution in [2.24, 2.45) is 0 Å². The van der Waals surface area contributed by atoms with Gasteiger partial charge in [0.05, 0.1) is 10.7 Å². The second-order valence-electron chi connectivity index (χ2n) is 4.03. The summed E-state index contributed by atoms with van der Waals surface area (Å²) in [6.07, 6.45) is 1.43. The lowest BCUT2D eigenvalue weighted by atomic mass is 10.2. The number of rotatable bonds is 1. The van der Waals surface area contributed by atoms with Crippen molar-refractivity contribution in [2.45, 2.75) is 6.92 Å². The molecule has 2 N–H and O–H groups in total. The van der Waals surface area contributed by atoms with Crippen LogP contribution in [0.15, 0.2) is 29.3 Å². The number of benzene rings is 1. The van der Waals surface area contributed by atoms with Crippen molar-refractivity contribution in [1.29, 1.82) is 0 Å². The van der Waals surface area contributed by atoms with Crippen molar-refractivity contribution in [1.82, 2.24) is 14.5 Å². The maximum atomic E-state index is 12.4. The number of nitrogens with two attached hydrogens (primary N) is 1. The molecule has 0 unspecified atom stereocenters. The van der Waals surface area contributed by atoms with Gasteiger partial charge < -0.3 is 5.73 Å². The van der Waals surface area contributed by atoms with Crippen molar-refractivity contribution in [2.75, 3.05) is 5.73 Å². The summed E-state index contributed by atoms with van der Waals surface area (Å²) >= 11 is 7.30. The zero-order valence-electron chi connectivity index (χ0n) is 9.92. The fourth-order valence-corrected chi connectivity index (χ4v) is 2.95. The molecule has 0 radical (unpaired) electrons. The van der Waals surface area contributed by atoms with Gasteiger partial charge in [-0.15, -0.1) is 0 Å². The normalized spacial score (nSPS) is 11.1. The molecule has 0 saturated heterocycles. The first kappa shape index (κ1) is 12.1. The zero-order valence-corrected chi connectivity index (χ0v) is 11.5. The van der Waals surface area contributed by atoms with Crippen LogP contribution in [0.1, 0.15) is 5.56 Å². The van der Waals surface area contributed by atoms with E-state index in [0.29, 0.717) is 26.2 Å². The topological polar surface area (TPSA) is 73.8 Å². The van der Waals surface area contributed by atoms with Gasteiger partial charge in [-0.2, -0.15) is 0 Å². The number of thiazole rings is 1. The highest BCUT2D eigenvalue weighted by molar-refractivity contribution is 7.21. The summed E-state index contributed by atoms with van der Waals surface area (Å²) in [4.78, 5) is 20.6. The summed E-state index contributed by atoms with van der Waals surface area (Å²) < 4.78 is 1.86. The standard InChI is InChI=1S/C12H9ClN4OS/c1-6-3-2-4-7(13)8(6)17-5-15-10-9(11(17)18)19-12(14)16-10/h2-5H,1H3,(H2,14,16). The third-order valence-electron chi connectivity index (χ3n) is 2.76. The maximum Gasteiger partial charge on any atom is 0.277 e. The van der Waals surface area contributed by atoms with E-state index in [2.05, 4.69) is 9.97 Å². The molecule has 7 heteroatoms. The number of hydrogen-bond acceptors (Lipinski definition) is 5. The summed E-state index contributed by atoms with van der Waals surface area (Å²) in [6.45, 7) is 1.89. The Kier molecular flexibility index (Phi) is 2.76. The molecular weight excluding hydrogens is 284 g/mol. The van der Waals surface area contributed by atoms with Gasteiger partial charge in [0.15, 0.2) is 10.8 Å². The summed E-state index contributed by atoms with van der Waals surface area (Å²) in [5, 5.41) is 0.828. The van der Waals surface area contributed by atoms with Crippen molar-refractivity contribution < 1.29 is 0 Å². The van der Waals surface area contributed by atoms with E-state index in [-0.39, 0.29) is 5.56 Å². The number of aromatic nitrogens is 3. The average Bonchev–Trinajstić information content (AvgIpc) is 2.73. The third kappa shape index (κ3) is 1.89. The van der Waals surface area contributed by atoms with Crippen LogP contribution in [0.25, 0.3) is 16.0 Å². The van der Waals surface area contributed by atoms with Gasteiger partial charge in [0, 0.05) is 0 Å². The van der Waals surface area contributed by atoms with Crippen LogP contribution in [0.2, 0.25) is 5.02 Å². The molecule has 0 amide bonds. The molecule has 0 aliphatic carbocycles. The van der Waals surface area contributed by atoms with Crippen LogP contribution < -0.4 is 11.3 Å². The lowest BCUT2D eigenvalue weighted by Gasteiger charge is -2.10. The van der Waals surface area contributed by atoms with E-state index >= 15 is 0 Å². The minimum atomic E-state index is -0.213. The van der Waals surface area contributed by atoms with Crippen LogP contribution in [0, 0.1) is 6.92 Å². The van der Waals surface area contributed by atoms with Gasteiger partial charge in [0.1, 0.15) is 11.0 Å². The van der Waals surface area contributed by atoms with Gasteiger partial charge in [-0.1, -0.05) is 35.1 Å². The number of para-hydroxylation sites is 1. The largest absolute Gasteiger partial charge is 0.375 e. The molecule has 19 heavy (non-hydrogen) atoms. The Morgan fingerprint density at radius 3 is 2.95 bits per heavy atom. The van der Waals surface area contributed by atoms with Crippen LogP contribution in [-0.2, 0) is 0 Å². The zero-order chi connectivity index (χ0) is 13.6. The van der Waals surface area contributed by atoms with Crippen LogP contribution in [0.3, 0.4) is 0 Å². The first-order chi connectivity index (χ1) is 9.08. The predicted molar refractivity (Wildman–Crippen MR) is 77.2 cm³/mol. The molecule has 0 atom stereocenters. The molecule has 0 aliphatic rings. The van der Waals surface area contributed by atoms with E-state index in [0.717, 1.165) is 16.9 Å². The van der Waals surface area contributed by atoms with Gasteiger partial charge in [-0.25, -0.2) is 9.97 Å². The molecule has 3 aromatic rings. The van der Waals surface area contributed by atoms with E-state index in [9.17, 15) is 4.79 Å². The molecule has 96 valence electrons. The van der Waals surface area contributed by atoms with E-state index in [4.69, 9.17) is 17.3 Å². The van der Waals surface area contributed by atoms with Crippen molar-refractivity contribution in [3.05, 3.63) is 45.5 Å². The smallest absolute Gasteiger partial charge is 0.277 e. The van der Waals surface area contributed by atoms with Crippen molar-refractivity contribution in [3.8, 4) is 5.69 Å². The second-order valence-corrected chi connectivity index (χ2v) is 5.47. The number of fused-ring (bicyclic) bond motifs is 1. The summed E-state index contributed by atoms with van der Waals surface area (Å²) in [6, 6.07) is 5.46. The Hall–Kier alpha value is -1.92. The van der Waals surface area contributed by atoms with E-state index in [1.165, 1.54) is 10.9 Å². The fraction of sp³-hybridized carbons (Fsp3) is 0.0833. The first-order valence-electron chi connectivity index (χ1n) is 5.47. The van der Waals surface area contributed by atoms with Gasteiger partial charge in [-0.3, -0.25) is 9.36 Å². The monoisotopic (exact) mass is 292 g/mol. The molecule has 0 bridgehead atoms. The molecule has 2 aromatic heterocycles. The number of halogens is 1. The van der Waals surface area contributed by atoms with Crippen molar-refractivity contribution in [3.63, 3.8) is 0 Å². The first-order valence-corrected chi connectivity index (χ1v) is 6.66.